The molecule has 0 amide bonds. The summed E-state index contributed by atoms with van der Waals surface area (Å²) in [6, 6.07) is 23.3. The maximum absolute atomic E-state index is 4.51. The number of rotatable bonds is 3. The third kappa shape index (κ3) is 4.85. The topological polar surface area (TPSA) is 19.4 Å². The summed E-state index contributed by atoms with van der Waals surface area (Å²) in [7, 11) is 0. The zero-order valence-corrected chi connectivity index (χ0v) is 17.2. The van der Waals surface area contributed by atoms with Crippen molar-refractivity contribution in [3.8, 4) is 11.8 Å². The molecule has 0 bridgehead atoms. The first-order valence-corrected chi connectivity index (χ1v) is 10.2. The largest absolute Gasteiger partial charge is 0.354 e. The Kier molecular flexibility index (Phi) is 5.93. The SMILES string of the molecule is Cc1cc(C)cc(C(C#Cc2ccccc2)N2CCN(c3ccccn3)CC2)c1. The minimum absolute atomic E-state index is 0.0969. The van der Waals surface area contributed by atoms with Crippen molar-refractivity contribution < 1.29 is 0 Å². The molecule has 1 aliphatic heterocycles. The van der Waals surface area contributed by atoms with Gasteiger partial charge in [0.05, 0.1) is 6.04 Å². The predicted molar refractivity (Wildman–Crippen MR) is 120 cm³/mol. The van der Waals surface area contributed by atoms with E-state index in [-0.39, 0.29) is 6.04 Å². The number of aryl methyl sites for hydroxylation is 2. The first kappa shape index (κ1) is 19.2. The molecule has 1 aromatic heterocycles. The van der Waals surface area contributed by atoms with Gasteiger partial charge in [-0.25, -0.2) is 4.98 Å². The summed E-state index contributed by atoms with van der Waals surface area (Å²) >= 11 is 0. The molecule has 1 saturated heterocycles. The molecule has 1 atom stereocenters. The van der Waals surface area contributed by atoms with Gasteiger partial charge in [0.15, 0.2) is 0 Å². The number of piperazine rings is 1. The van der Waals surface area contributed by atoms with Crippen molar-refractivity contribution in [2.75, 3.05) is 31.1 Å². The summed E-state index contributed by atoms with van der Waals surface area (Å²) < 4.78 is 0. The zero-order valence-electron chi connectivity index (χ0n) is 17.2. The molecule has 1 unspecified atom stereocenters. The zero-order chi connectivity index (χ0) is 20.1. The van der Waals surface area contributed by atoms with Crippen LogP contribution in [0.1, 0.15) is 28.3 Å². The third-order valence-electron chi connectivity index (χ3n) is 5.34. The fourth-order valence-corrected chi connectivity index (χ4v) is 3.98. The number of anilines is 1. The molecular weight excluding hydrogens is 354 g/mol. The summed E-state index contributed by atoms with van der Waals surface area (Å²) in [5, 5.41) is 0. The molecule has 2 heterocycles. The number of benzene rings is 2. The molecular formula is C26H27N3. The fourth-order valence-electron chi connectivity index (χ4n) is 3.98. The second kappa shape index (κ2) is 8.94. The van der Waals surface area contributed by atoms with Crippen molar-refractivity contribution in [3.05, 3.63) is 95.2 Å². The molecule has 0 aliphatic carbocycles. The summed E-state index contributed by atoms with van der Waals surface area (Å²) in [6.45, 7) is 8.19. The van der Waals surface area contributed by atoms with Crippen molar-refractivity contribution >= 4 is 5.82 Å². The van der Waals surface area contributed by atoms with Gasteiger partial charge in [-0.1, -0.05) is 65.4 Å². The predicted octanol–water partition coefficient (Wildman–Crippen LogP) is 4.61. The van der Waals surface area contributed by atoms with Crippen molar-refractivity contribution in [2.24, 2.45) is 0 Å². The van der Waals surface area contributed by atoms with Gasteiger partial charge in [-0.3, -0.25) is 4.90 Å². The Labute approximate surface area is 174 Å². The quantitative estimate of drug-likeness (QED) is 0.618. The van der Waals surface area contributed by atoms with Crippen LogP contribution in [0.2, 0.25) is 0 Å². The lowest BCUT2D eigenvalue weighted by Gasteiger charge is -2.38. The van der Waals surface area contributed by atoms with E-state index in [1.165, 1.54) is 16.7 Å². The number of nitrogens with zero attached hydrogens (tertiary/aromatic N) is 3. The van der Waals surface area contributed by atoms with Crippen LogP contribution in [0.3, 0.4) is 0 Å². The lowest BCUT2D eigenvalue weighted by molar-refractivity contribution is 0.223. The summed E-state index contributed by atoms with van der Waals surface area (Å²) in [6.07, 6.45) is 1.87. The highest BCUT2D eigenvalue weighted by molar-refractivity contribution is 5.41. The van der Waals surface area contributed by atoms with Crippen LogP contribution in [-0.2, 0) is 0 Å². The van der Waals surface area contributed by atoms with E-state index in [9.17, 15) is 0 Å². The highest BCUT2D eigenvalue weighted by Crippen LogP contribution is 2.25. The number of aromatic nitrogens is 1. The van der Waals surface area contributed by atoms with Gasteiger partial charge < -0.3 is 4.90 Å². The maximum atomic E-state index is 4.51. The van der Waals surface area contributed by atoms with Gasteiger partial charge in [-0.15, -0.1) is 0 Å². The molecule has 0 saturated carbocycles. The minimum Gasteiger partial charge on any atom is -0.354 e. The highest BCUT2D eigenvalue weighted by Gasteiger charge is 2.24. The molecule has 3 heteroatoms. The summed E-state index contributed by atoms with van der Waals surface area (Å²) in [5.74, 6) is 8.04. The Morgan fingerprint density at radius 3 is 2.17 bits per heavy atom. The van der Waals surface area contributed by atoms with Crippen LogP contribution in [0.25, 0.3) is 0 Å². The molecule has 0 N–H and O–H groups in total. The molecule has 3 aromatic rings. The van der Waals surface area contributed by atoms with E-state index in [1.807, 2.05) is 30.5 Å². The second-order valence-corrected chi connectivity index (χ2v) is 7.67. The number of hydrogen-bond donors (Lipinski definition) is 0. The molecule has 29 heavy (non-hydrogen) atoms. The van der Waals surface area contributed by atoms with Crippen LogP contribution >= 0.6 is 0 Å². The molecule has 3 nitrogen and oxygen atoms in total. The van der Waals surface area contributed by atoms with E-state index in [2.05, 4.69) is 82.9 Å². The molecule has 146 valence electrons. The number of pyridine rings is 1. The Balaban J connectivity index is 1.58. The Hall–Kier alpha value is -3.09. The molecule has 1 fully saturated rings. The molecule has 2 aromatic carbocycles. The average Bonchev–Trinajstić information content (AvgIpc) is 2.75. The van der Waals surface area contributed by atoms with Gasteiger partial charge >= 0.3 is 0 Å². The second-order valence-electron chi connectivity index (χ2n) is 7.67. The molecule has 0 spiro atoms. The first-order valence-electron chi connectivity index (χ1n) is 10.2. The van der Waals surface area contributed by atoms with Crippen LogP contribution in [-0.4, -0.2) is 36.1 Å². The summed E-state index contributed by atoms with van der Waals surface area (Å²) in [4.78, 5) is 9.37. The van der Waals surface area contributed by atoms with E-state index in [0.29, 0.717) is 0 Å². The van der Waals surface area contributed by atoms with Crippen LogP contribution in [0.4, 0.5) is 5.82 Å². The van der Waals surface area contributed by atoms with Crippen LogP contribution in [0.5, 0.6) is 0 Å². The molecule has 1 aliphatic rings. The Morgan fingerprint density at radius 1 is 0.828 bits per heavy atom. The van der Waals surface area contributed by atoms with Gasteiger partial charge in [-0.2, -0.15) is 0 Å². The van der Waals surface area contributed by atoms with Gasteiger partial charge in [0.1, 0.15) is 5.82 Å². The average molecular weight is 382 g/mol. The third-order valence-corrected chi connectivity index (χ3v) is 5.34. The summed E-state index contributed by atoms with van der Waals surface area (Å²) in [5.41, 5.74) is 4.93. The monoisotopic (exact) mass is 381 g/mol. The van der Waals surface area contributed by atoms with Crippen LogP contribution < -0.4 is 4.90 Å². The fraction of sp³-hybridized carbons (Fsp3) is 0.269. The Morgan fingerprint density at radius 2 is 1.52 bits per heavy atom. The van der Waals surface area contributed by atoms with Crippen molar-refractivity contribution in [3.63, 3.8) is 0 Å². The van der Waals surface area contributed by atoms with Crippen molar-refractivity contribution in [1.82, 2.24) is 9.88 Å². The lowest BCUT2D eigenvalue weighted by atomic mass is 9.99. The standard InChI is InChI=1S/C26H27N3/c1-21-18-22(2)20-24(19-21)25(12-11-23-8-4-3-5-9-23)28-14-16-29(17-15-28)26-10-6-7-13-27-26/h3-10,13,18-20,25H,14-17H2,1-2H3. The highest BCUT2D eigenvalue weighted by atomic mass is 15.3. The van der Waals surface area contributed by atoms with E-state index < -0.39 is 0 Å². The molecule has 0 radical (unpaired) electrons. The van der Waals surface area contributed by atoms with Crippen LogP contribution in [0, 0.1) is 25.7 Å². The van der Waals surface area contributed by atoms with Gasteiger partial charge in [-0.05, 0) is 43.7 Å². The molecule has 4 rings (SSSR count). The maximum Gasteiger partial charge on any atom is 0.128 e. The van der Waals surface area contributed by atoms with Crippen LogP contribution in [0.15, 0.2) is 72.9 Å². The van der Waals surface area contributed by atoms with Gasteiger partial charge in [0.2, 0.25) is 0 Å². The van der Waals surface area contributed by atoms with Crippen molar-refractivity contribution in [1.29, 1.82) is 0 Å². The van der Waals surface area contributed by atoms with E-state index in [4.69, 9.17) is 0 Å². The van der Waals surface area contributed by atoms with Crippen molar-refractivity contribution in [2.45, 2.75) is 19.9 Å². The van der Waals surface area contributed by atoms with Gasteiger partial charge in [0.25, 0.3) is 0 Å². The van der Waals surface area contributed by atoms with E-state index in [0.717, 1.165) is 37.6 Å². The Bertz CT molecular complexity index is 974. The van der Waals surface area contributed by atoms with Gasteiger partial charge in [0, 0.05) is 37.9 Å². The number of hydrogen-bond acceptors (Lipinski definition) is 3. The van der Waals surface area contributed by atoms with E-state index in [1.54, 1.807) is 0 Å². The smallest absolute Gasteiger partial charge is 0.128 e. The first-order chi connectivity index (χ1) is 14.2. The minimum atomic E-state index is 0.0969. The normalized spacial score (nSPS) is 15.4. The van der Waals surface area contributed by atoms with E-state index >= 15 is 0 Å². The lowest BCUT2D eigenvalue weighted by Crippen LogP contribution is -2.47.